The Labute approximate surface area is 136 Å². The molecule has 0 spiro atoms. The number of rotatable bonds is 4. The Hall–Kier alpha value is -1.00. The SMILES string of the molecule is Cc1nn(C)cc1S(=O)(=O)N1CC[C@@](O)(CN2CCOCC2)C1. The normalized spacial score (nSPS) is 27.6. The van der Waals surface area contributed by atoms with E-state index in [2.05, 4.69) is 10.00 Å². The summed E-state index contributed by atoms with van der Waals surface area (Å²) in [6, 6.07) is 0. The summed E-state index contributed by atoms with van der Waals surface area (Å²) in [5.41, 5.74) is -0.517. The average molecular weight is 344 g/mol. The Bertz CT molecular complexity index is 668. The third-order valence-electron chi connectivity index (χ3n) is 4.51. The zero-order valence-electron chi connectivity index (χ0n) is 13.6. The van der Waals surface area contributed by atoms with E-state index in [0.29, 0.717) is 38.4 Å². The summed E-state index contributed by atoms with van der Waals surface area (Å²) in [4.78, 5) is 2.35. The van der Waals surface area contributed by atoms with Gasteiger partial charge < -0.3 is 9.84 Å². The smallest absolute Gasteiger partial charge is 0.246 e. The van der Waals surface area contributed by atoms with E-state index >= 15 is 0 Å². The van der Waals surface area contributed by atoms with E-state index in [-0.39, 0.29) is 11.4 Å². The van der Waals surface area contributed by atoms with Gasteiger partial charge in [-0.05, 0) is 13.3 Å². The van der Waals surface area contributed by atoms with Gasteiger partial charge in [0.05, 0.1) is 24.5 Å². The van der Waals surface area contributed by atoms with Crippen molar-refractivity contribution >= 4 is 10.0 Å². The van der Waals surface area contributed by atoms with Crippen LogP contribution >= 0.6 is 0 Å². The summed E-state index contributed by atoms with van der Waals surface area (Å²) < 4.78 is 33.7. The van der Waals surface area contributed by atoms with Crippen molar-refractivity contribution in [3.63, 3.8) is 0 Å². The Balaban J connectivity index is 1.72. The minimum Gasteiger partial charge on any atom is -0.387 e. The maximum Gasteiger partial charge on any atom is 0.246 e. The number of nitrogens with zero attached hydrogens (tertiary/aromatic N) is 4. The fraction of sp³-hybridized carbons (Fsp3) is 0.786. The molecule has 0 amide bonds. The van der Waals surface area contributed by atoms with Gasteiger partial charge in [0.15, 0.2) is 0 Å². The van der Waals surface area contributed by atoms with Crippen LogP contribution in [0.1, 0.15) is 12.1 Å². The monoisotopic (exact) mass is 344 g/mol. The molecule has 1 aromatic rings. The highest BCUT2D eigenvalue weighted by Gasteiger charge is 2.43. The number of aryl methyl sites for hydroxylation is 2. The first kappa shape index (κ1) is 16.8. The summed E-state index contributed by atoms with van der Waals surface area (Å²) in [6.45, 7) is 5.49. The van der Waals surface area contributed by atoms with Gasteiger partial charge in [-0.15, -0.1) is 0 Å². The van der Waals surface area contributed by atoms with Crippen LogP contribution in [-0.2, 0) is 21.8 Å². The Morgan fingerprint density at radius 1 is 1.35 bits per heavy atom. The summed E-state index contributed by atoms with van der Waals surface area (Å²) in [6.07, 6.45) is 1.97. The molecule has 0 radical (unpaired) electrons. The van der Waals surface area contributed by atoms with E-state index in [1.165, 1.54) is 15.2 Å². The molecule has 2 aliphatic rings. The first-order valence-corrected chi connectivity index (χ1v) is 9.27. The van der Waals surface area contributed by atoms with Crippen LogP contribution in [0.5, 0.6) is 0 Å². The van der Waals surface area contributed by atoms with Crippen LogP contribution in [0.3, 0.4) is 0 Å². The van der Waals surface area contributed by atoms with Gasteiger partial charge in [-0.2, -0.15) is 9.40 Å². The molecule has 1 aromatic heterocycles. The molecule has 1 atom stereocenters. The van der Waals surface area contributed by atoms with Crippen LogP contribution in [0.4, 0.5) is 0 Å². The highest BCUT2D eigenvalue weighted by molar-refractivity contribution is 7.89. The summed E-state index contributed by atoms with van der Waals surface area (Å²) in [7, 11) is -1.91. The van der Waals surface area contributed by atoms with E-state index in [4.69, 9.17) is 4.74 Å². The van der Waals surface area contributed by atoms with Gasteiger partial charge in [0.1, 0.15) is 4.90 Å². The molecule has 0 aromatic carbocycles. The van der Waals surface area contributed by atoms with Crippen LogP contribution in [0.25, 0.3) is 0 Å². The van der Waals surface area contributed by atoms with Crippen LogP contribution in [0.15, 0.2) is 11.1 Å². The van der Waals surface area contributed by atoms with Crippen molar-refractivity contribution in [1.82, 2.24) is 19.0 Å². The largest absolute Gasteiger partial charge is 0.387 e. The molecule has 130 valence electrons. The number of β-amino-alcohol motifs (C(OH)–C–C–N with tert-alkyl or cyclic N) is 1. The van der Waals surface area contributed by atoms with Crippen LogP contribution in [0, 0.1) is 6.92 Å². The third kappa shape index (κ3) is 3.43. The van der Waals surface area contributed by atoms with Gasteiger partial charge in [0.25, 0.3) is 0 Å². The molecule has 0 bridgehead atoms. The van der Waals surface area contributed by atoms with Crippen LogP contribution in [0.2, 0.25) is 0 Å². The lowest BCUT2D eigenvalue weighted by atomic mass is 10.0. The summed E-state index contributed by atoms with van der Waals surface area (Å²) >= 11 is 0. The second-order valence-electron chi connectivity index (χ2n) is 6.45. The maximum atomic E-state index is 12.8. The molecule has 2 fully saturated rings. The third-order valence-corrected chi connectivity index (χ3v) is 6.45. The van der Waals surface area contributed by atoms with Crippen molar-refractivity contribution in [3.05, 3.63) is 11.9 Å². The minimum absolute atomic E-state index is 0.126. The van der Waals surface area contributed by atoms with E-state index in [9.17, 15) is 13.5 Å². The maximum absolute atomic E-state index is 12.8. The van der Waals surface area contributed by atoms with Gasteiger partial charge in [-0.1, -0.05) is 0 Å². The van der Waals surface area contributed by atoms with E-state index in [0.717, 1.165) is 13.1 Å². The minimum atomic E-state index is -3.61. The first-order valence-electron chi connectivity index (χ1n) is 7.83. The van der Waals surface area contributed by atoms with Gasteiger partial charge in [-0.3, -0.25) is 9.58 Å². The molecule has 0 aliphatic carbocycles. The van der Waals surface area contributed by atoms with Gasteiger partial charge in [0.2, 0.25) is 10.0 Å². The predicted octanol–water partition coefficient (Wildman–Crippen LogP) is -0.814. The lowest BCUT2D eigenvalue weighted by Gasteiger charge is -2.33. The van der Waals surface area contributed by atoms with E-state index in [1.54, 1.807) is 14.0 Å². The average Bonchev–Trinajstić information content (AvgIpc) is 3.03. The number of aliphatic hydroxyl groups is 1. The zero-order chi connectivity index (χ0) is 16.7. The van der Waals surface area contributed by atoms with Crippen molar-refractivity contribution in [2.75, 3.05) is 45.9 Å². The number of hydrogen-bond acceptors (Lipinski definition) is 6. The van der Waals surface area contributed by atoms with Crippen molar-refractivity contribution in [1.29, 1.82) is 0 Å². The molecule has 9 heteroatoms. The fourth-order valence-corrected chi connectivity index (χ4v) is 5.02. The molecule has 3 heterocycles. The van der Waals surface area contributed by atoms with Crippen molar-refractivity contribution in [2.45, 2.75) is 23.8 Å². The molecule has 8 nitrogen and oxygen atoms in total. The van der Waals surface area contributed by atoms with E-state index in [1.807, 2.05) is 0 Å². The molecule has 0 saturated carbocycles. The van der Waals surface area contributed by atoms with Gasteiger partial charge in [-0.25, -0.2) is 8.42 Å². The highest BCUT2D eigenvalue weighted by Crippen LogP contribution is 2.29. The number of morpholine rings is 1. The molecular formula is C14H24N4O4S. The molecule has 3 rings (SSSR count). The lowest BCUT2D eigenvalue weighted by Crippen LogP contribution is -2.49. The van der Waals surface area contributed by atoms with E-state index < -0.39 is 15.6 Å². The van der Waals surface area contributed by atoms with Crippen LogP contribution < -0.4 is 0 Å². The second kappa shape index (κ2) is 6.14. The second-order valence-corrected chi connectivity index (χ2v) is 8.36. The van der Waals surface area contributed by atoms with Crippen molar-refractivity contribution in [2.24, 2.45) is 7.05 Å². The zero-order valence-corrected chi connectivity index (χ0v) is 14.4. The van der Waals surface area contributed by atoms with Gasteiger partial charge >= 0.3 is 0 Å². The molecular weight excluding hydrogens is 320 g/mol. The predicted molar refractivity (Wildman–Crippen MR) is 83.5 cm³/mol. The topological polar surface area (TPSA) is 87.9 Å². The standard InChI is InChI=1S/C14H24N4O4S/c1-12-13(9-16(2)15-12)23(20,21)18-4-3-14(19,11-18)10-17-5-7-22-8-6-17/h9,19H,3-8,10-11H2,1-2H3/t14-/m1/s1. The fourth-order valence-electron chi connectivity index (χ4n) is 3.30. The van der Waals surface area contributed by atoms with Crippen LogP contribution in [-0.4, -0.2) is 84.0 Å². The first-order chi connectivity index (χ1) is 10.8. The quantitative estimate of drug-likeness (QED) is 0.768. The van der Waals surface area contributed by atoms with Crippen molar-refractivity contribution < 1.29 is 18.3 Å². The summed E-state index contributed by atoms with van der Waals surface area (Å²) in [5.74, 6) is 0. The molecule has 2 saturated heterocycles. The molecule has 1 N–H and O–H groups in total. The highest BCUT2D eigenvalue weighted by atomic mass is 32.2. The molecule has 0 unspecified atom stereocenters. The Morgan fingerprint density at radius 2 is 2.04 bits per heavy atom. The number of aromatic nitrogens is 2. The Morgan fingerprint density at radius 3 is 2.65 bits per heavy atom. The molecule has 2 aliphatic heterocycles. The number of hydrogen-bond donors (Lipinski definition) is 1. The molecule has 23 heavy (non-hydrogen) atoms. The number of sulfonamides is 1. The summed E-state index contributed by atoms with van der Waals surface area (Å²) in [5, 5.41) is 14.9. The number of ether oxygens (including phenoxy) is 1. The lowest BCUT2D eigenvalue weighted by molar-refractivity contribution is -0.0239. The Kier molecular flexibility index (Phi) is 4.49. The van der Waals surface area contributed by atoms with Crippen molar-refractivity contribution in [3.8, 4) is 0 Å². The van der Waals surface area contributed by atoms with Gasteiger partial charge in [0, 0.05) is 46.0 Å².